The third kappa shape index (κ3) is 3.62. The molecule has 0 aliphatic heterocycles. The lowest BCUT2D eigenvalue weighted by molar-refractivity contribution is -0.121. The van der Waals surface area contributed by atoms with Crippen molar-refractivity contribution in [3.8, 4) is 0 Å². The average Bonchev–Trinajstić information content (AvgIpc) is 2.26. The van der Waals surface area contributed by atoms with E-state index in [-0.39, 0.29) is 5.92 Å². The smallest absolute Gasteiger partial charge is 0.136 e. The van der Waals surface area contributed by atoms with Crippen molar-refractivity contribution in [2.24, 2.45) is 5.92 Å². The first-order valence-electron chi connectivity index (χ1n) is 4.86. The summed E-state index contributed by atoms with van der Waals surface area (Å²) in [6.07, 6.45) is 1.51. The van der Waals surface area contributed by atoms with Crippen LogP contribution in [0.4, 0.5) is 0 Å². The van der Waals surface area contributed by atoms with Gasteiger partial charge in [-0.25, -0.2) is 0 Å². The summed E-state index contributed by atoms with van der Waals surface area (Å²) in [4.78, 5) is 11.5. The summed E-state index contributed by atoms with van der Waals surface area (Å²) in [5, 5.41) is 0.765. The van der Waals surface area contributed by atoms with Crippen molar-refractivity contribution in [3.05, 3.63) is 35.9 Å². The van der Waals surface area contributed by atoms with Crippen LogP contribution < -0.4 is 0 Å². The van der Waals surface area contributed by atoms with Crippen molar-refractivity contribution in [3.63, 3.8) is 0 Å². The number of aryl methyl sites for hydroxylation is 1. The SMILES string of the molecule is CC(CBr)C(=O)CCc1ccccc1. The van der Waals surface area contributed by atoms with Crippen molar-refractivity contribution in [2.75, 3.05) is 5.33 Å². The van der Waals surface area contributed by atoms with Gasteiger partial charge in [0.1, 0.15) is 5.78 Å². The fourth-order valence-electron chi connectivity index (χ4n) is 1.24. The van der Waals surface area contributed by atoms with Crippen LogP contribution in [-0.2, 0) is 11.2 Å². The number of halogens is 1. The molecule has 0 saturated heterocycles. The normalized spacial score (nSPS) is 12.4. The summed E-state index contributed by atoms with van der Waals surface area (Å²) in [6, 6.07) is 10.1. The summed E-state index contributed by atoms with van der Waals surface area (Å²) in [7, 11) is 0. The first kappa shape index (κ1) is 11.4. The molecule has 0 aliphatic rings. The molecular weight excluding hydrogens is 240 g/mol. The van der Waals surface area contributed by atoms with E-state index in [4.69, 9.17) is 0 Å². The Morgan fingerprint density at radius 1 is 1.36 bits per heavy atom. The molecule has 1 rings (SSSR count). The first-order chi connectivity index (χ1) is 6.74. The average molecular weight is 255 g/mol. The Morgan fingerprint density at radius 3 is 2.57 bits per heavy atom. The number of Topliss-reactive ketones (excluding diaryl/α,β-unsaturated/α-hetero) is 1. The van der Waals surface area contributed by atoms with Gasteiger partial charge >= 0.3 is 0 Å². The predicted molar refractivity (Wildman–Crippen MR) is 62.7 cm³/mol. The molecule has 1 aromatic carbocycles. The molecule has 0 N–H and O–H groups in total. The van der Waals surface area contributed by atoms with Crippen LogP contribution >= 0.6 is 15.9 Å². The number of ketones is 1. The van der Waals surface area contributed by atoms with Gasteiger partial charge < -0.3 is 0 Å². The largest absolute Gasteiger partial charge is 0.299 e. The molecule has 0 aliphatic carbocycles. The Bertz CT molecular complexity index is 282. The predicted octanol–water partition coefficient (Wildman–Crippen LogP) is 3.22. The lowest BCUT2D eigenvalue weighted by Crippen LogP contribution is -2.12. The number of hydrogen-bond acceptors (Lipinski definition) is 1. The van der Waals surface area contributed by atoms with Gasteiger partial charge in [-0.1, -0.05) is 53.2 Å². The molecule has 1 unspecified atom stereocenters. The van der Waals surface area contributed by atoms with Crippen LogP contribution in [0, 0.1) is 5.92 Å². The molecule has 0 saturated carbocycles. The van der Waals surface area contributed by atoms with Crippen molar-refractivity contribution in [1.82, 2.24) is 0 Å². The van der Waals surface area contributed by atoms with Crippen LogP contribution in [0.1, 0.15) is 18.9 Å². The van der Waals surface area contributed by atoms with E-state index in [9.17, 15) is 4.79 Å². The number of alkyl halides is 1. The second kappa shape index (κ2) is 5.97. The highest BCUT2D eigenvalue weighted by atomic mass is 79.9. The molecule has 0 heterocycles. The monoisotopic (exact) mass is 254 g/mol. The molecule has 0 radical (unpaired) electrons. The maximum atomic E-state index is 11.5. The van der Waals surface area contributed by atoms with E-state index in [1.165, 1.54) is 5.56 Å². The molecule has 14 heavy (non-hydrogen) atoms. The van der Waals surface area contributed by atoms with Crippen molar-refractivity contribution < 1.29 is 4.79 Å². The van der Waals surface area contributed by atoms with Gasteiger partial charge in [-0.05, 0) is 12.0 Å². The molecule has 0 fully saturated rings. The number of carbonyl (C=O) groups is 1. The molecule has 0 aromatic heterocycles. The van der Waals surface area contributed by atoms with Crippen LogP contribution in [0.3, 0.4) is 0 Å². The minimum Gasteiger partial charge on any atom is -0.299 e. The quantitative estimate of drug-likeness (QED) is 0.738. The van der Waals surface area contributed by atoms with Crippen molar-refractivity contribution in [1.29, 1.82) is 0 Å². The minimum atomic E-state index is 0.138. The van der Waals surface area contributed by atoms with Gasteiger partial charge in [0.2, 0.25) is 0 Å². The van der Waals surface area contributed by atoms with Crippen molar-refractivity contribution >= 4 is 21.7 Å². The zero-order valence-corrected chi connectivity index (χ0v) is 9.96. The molecule has 76 valence electrons. The van der Waals surface area contributed by atoms with E-state index < -0.39 is 0 Å². The fraction of sp³-hybridized carbons (Fsp3) is 0.417. The zero-order chi connectivity index (χ0) is 10.4. The van der Waals surface area contributed by atoms with Crippen LogP contribution in [0.15, 0.2) is 30.3 Å². The van der Waals surface area contributed by atoms with Crippen LogP contribution in [0.2, 0.25) is 0 Å². The van der Waals surface area contributed by atoms with E-state index in [0.29, 0.717) is 12.2 Å². The number of carbonyl (C=O) groups excluding carboxylic acids is 1. The summed E-state index contributed by atoms with van der Waals surface area (Å²) < 4.78 is 0. The number of hydrogen-bond donors (Lipinski definition) is 0. The Morgan fingerprint density at radius 2 is 2.00 bits per heavy atom. The third-order valence-electron chi connectivity index (χ3n) is 2.28. The minimum absolute atomic E-state index is 0.138. The maximum absolute atomic E-state index is 11.5. The molecule has 1 aromatic rings. The Hall–Kier alpha value is -0.630. The molecular formula is C12H15BrO. The van der Waals surface area contributed by atoms with Gasteiger partial charge in [-0.15, -0.1) is 0 Å². The molecule has 0 spiro atoms. The second-order valence-electron chi connectivity index (χ2n) is 3.51. The van der Waals surface area contributed by atoms with E-state index >= 15 is 0 Å². The molecule has 0 amide bonds. The number of rotatable bonds is 5. The summed E-state index contributed by atoms with van der Waals surface area (Å²) in [5.74, 6) is 0.476. The van der Waals surface area contributed by atoms with Crippen LogP contribution in [0.5, 0.6) is 0 Å². The Labute approximate surface area is 93.7 Å². The van der Waals surface area contributed by atoms with Gasteiger partial charge in [0, 0.05) is 17.7 Å². The summed E-state index contributed by atoms with van der Waals surface area (Å²) in [5.41, 5.74) is 1.24. The highest BCUT2D eigenvalue weighted by Crippen LogP contribution is 2.08. The molecule has 1 atom stereocenters. The number of benzene rings is 1. The highest BCUT2D eigenvalue weighted by molar-refractivity contribution is 9.09. The summed E-state index contributed by atoms with van der Waals surface area (Å²) in [6.45, 7) is 1.96. The van der Waals surface area contributed by atoms with E-state index in [0.717, 1.165) is 11.8 Å². The maximum Gasteiger partial charge on any atom is 0.136 e. The van der Waals surface area contributed by atoms with Gasteiger partial charge in [-0.2, -0.15) is 0 Å². The molecule has 0 bridgehead atoms. The summed E-state index contributed by atoms with van der Waals surface area (Å²) >= 11 is 3.32. The topological polar surface area (TPSA) is 17.1 Å². The fourth-order valence-corrected chi connectivity index (χ4v) is 1.61. The highest BCUT2D eigenvalue weighted by Gasteiger charge is 2.10. The first-order valence-corrected chi connectivity index (χ1v) is 5.98. The lowest BCUT2D eigenvalue weighted by Gasteiger charge is -2.05. The third-order valence-corrected chi connectivity index (χ3v) is 3.26. The van der Waals surface area contributed by atoms with Gasteiger partial charge in [-0.3, -0.25) is 4.79 Å². The molecule has 1 nitrogen and oxygen atoms in total. The van der Waals surface area contributed by atoms with Crippen molar-refractivity contribution in [2.45, 2.75) is 19.8 Å². The molecule has 2 heteroatoms. The van der Waals surface area contributed by atoms with E-state index in [2.05, 4.69) is 28.1 Å². The lowest BCUT2D eigenvalue weighted by atomic mass is 10.0. The second-order valence-corrected chi connectivity index (χ2v) is 4.15. The van der Waals surface area contributed by atoms with Crippen LogP contribution in [-0.4, -0.2) is 11.1 Å². The van der Waals surface area contributed by atoms with Crippen LogP contribution in [0.25, 0.3) is 0 Å². The van der Waals surface area contributed by atoms with E-state index in [1.54, 1.807) is 0 Å². The van der Waals surface area contributed by atoms with Gasteiger partial charge in [0.05, 0.1) is 0 Å². The zero-order valence-electron chi connectivity index (χ0n) is 8.37. The van der Waals surface area contributed by atoms with Gasteiger partial charge in [0.15, 0.2) is 0 Å². The Balaban J connectivity index is 2.38. The van der Waals surface area contributed by atoms with Gasteiger partial charge in [0.25, 0.3) is 0 Å². The standard InChI is InChI=1S/C12H15BrO/c1-10(9-13)12(14)8-7-11-5-3-2-4-6-11/h2-6,10H,7-9H2,1H3. The Kier molecular flexibility index (Phi) is 4.88. The van der Waals surface area contributed by atoms with E-state index in [1.807, 2.05) is 25.1 Å².